The molecule has 4 atom stereocenters. The number of piperidine rings is 1. The van der Waals surface area contributed by atoms with Crippen molar-refractivity contribution in [3.8, 4) is 5.75 Å². The van der Waals surface area contributed by atoms with Crippen molar-refractivity contribution in [2.24, 2.45) is 17.8 Å². The second-order valence-corrected chi connectivity index (χ2v) is 9.45. The molecule has 1 aliphatic heterocycles. The molecule has 1 saturated heterocycles. The van der Waals surface area contributed by atoms with E-state index in [1.807, 2.05) is 12.1 Å². The van der Waals surface area contributed by atoms with Crippen LogP contribution < -0.4 is 0 Å². The van der Waals surface area contributed by atoms with Gasteiger partial charge in [-0.25, -0.2) is 0 Å². The average molecular weight is 354 g/mol. The van der Waals surface area contributed by atoms with Gasteiger partial charge in [0.1, 0.15) is 11.5 Å². The van der Waals surface area contributed by atoms with E-state index in [1.165, 1.54) is 36.9 Å². The predicted molar refractivity (Wildman–Crippen MR) is 102 cm³/mol. The minimum absolute atomic E-state index is 0.0216. The third kappa shape index (κ3) is 2.54. The quantitative estimate of drug-likeness (QED) is 0.887. The van der Waals surface area contributed by atoms with Crippen molar-refractivity contribution in [2.75, 3.05) is 13.1 Å². The summed E-state index contributed by atoms with van der Waals surface area (Å²) in [5.74, 6) is 2.83. The van der Waals surface area contributed by atoms with Crippen molar-refractivity contribution < 1.29 is 9.90 Å². The van der Waals surface area contributed by atoms with Crippen LogP contribution in [0, 0.1) is 17.8 Å². The fraction of sp³-hybridized carbons (Fsp3) is 0.696. The number of benzene rings is 1. The Labute approximate surface area is 156 Å². The van der Waals surface area contributed by atoms with Gasteiger partial charge in [-0.15, -0.1) is 0 Å². The van der Waals surface area contributed by atoms with Gasteiger partial charge in [-0.1, -0.05) is 19.4 Å². The lowest BCUT2D eigenvalue weighted by molar-refractivity contribution is -0.132. The lowest BCUT2D eigenvalue weighted by atomic mass is 9.48. The predicted octanol–water partition coefficient (Wildman–Crippen LogP) is 4.07. The van der Waals surface area contributed by atoms with Gasteiger partial charge in [0, 0.05) is 30.8 Å². The molecule has 2 saturated carbocycles. The van der Waals surface area contributed by atoms with Crippen molar-refractivity contribution in [1.29, 1.82) is 0 Å². The first-order chi connectivity index (χ1) is 12.6. The number of likely N-dealkylation sites (tertiary alicyclic amines) is 1. The molecule has 1 aromatic rings. The first kappa shape index (κ1) is 16.8. The molecule has 1 N–H and O–H groups in total. The van der Waals surface area contributed by atoms with Crippen molar-refractivity contribution in [2.45, 2.75) is 69.7 Å². The first-order valence-electron chi connectivity index (χ1n) is 10.7. The van der Waals surface area contributed by atoms with E-state index >= 15 is 0 Å². The number of carbonyl (C=O) groups excluding carboxylic acids is 1. The largest absolute Gasteiger partial charge is 0.508 e. The van der Waals surface area contributed by atoms with E-state index in [4.69, 9.17) is 0 Å². The summed E-state index contributed by atoms with van der Waals surface area (Å²) in [6.45, 7) is 4.64. The van der Waals surface area contributed by atoms with Crippen LogP contribution in [-0.4, -0.2) is 34.9 Å². The second kappa shape index (κ2) is 6.09. The summed E-state index contributed by atoms with van der Waals surface area (Å²) in [5, 5.41) is 10.2. The number of nitrogens with zero attached hydrogens (tertiary/aromatic N) is 1. The van der Waals surface area contributed by atoms with Crippen molar-refractivity contribution in [1.82, 2.24) is 4.90 Å². The Bertz CT molecular complexity index is 725. The van der Waals surface area contributed by atoms with E-state index < -0.39 is 0 Å². The van der Waals surface area contributed by atoms with E-state index in [0.29, 0.717) is 35.8 Å². The number of fused-ring (bicyclic) bond motifs is 1. The van der Waals surface area contributed by atoms with E-state index in [1.54, 1.807) is 0 Å². The van der Waals surface area contributed by atoms with Crippen LogP contribution in [0.15, 0.2) is 18.2 Å². The van der Waals surface area contributed by atoms with Crippen molar-refractivity contribution in [3.63, 3.8) is 0 Å². The third-order valence-corrected chi connectivity index (χ3v) is 7.79. The molecule has 3 nitrogen and oxygen atoms in total. The molecule has 3 heteroatoms. The van der Waals surface area contributed by atoms with Gasteiger partial charge in [0.25, 0.3) is 0 Å². The Morgan fingerprint density at radius 1 is 1.27 bits per heavy atom. The lowest BCUT2D eigenvalue weighted by Crippen LogP contribution is -2.64. The molecule has 2 unspecified atom stereocenters. The fourth-order valence-electron chi connectivity index (χ4n) is 6.69. The van der Waals surface area contributed by atoms with Crippen LogP contribution in [0.3, 0.4) is 0 Å². The third-order valence-electron chi connectivity index (χ3n) is 7.79. The molecular weight excluding hydrogens is 322 g/mol. The van der Waals surface area contributed by atoms with E-state index in [2.05, 4.69) is 17.9 Å². The molecule has 0 amide bonds. The molecular formula is C23H31NO2. The monoisotopic (exact) mass is 353 g/mol. The highest BCUT2D eigenvalue weighted by molar-refractivity contribution is 5.82. The van der Waals surface area contributed by atoms with Crippen LogP contribution in [-0.2, 0) is 16.6 Å². The van der Waals surface area contributed by atoms with Gasteiger partial charge in [0.05, 0.1) is 0 Å². The highest BCUT2D eigenvalue weighted by Gasteiger charge is 2.58. The normalized spacial score (nSPS) is 36.5. The summed E-state index contributed by atoms with van der Waals surface area (Å²) in [5.41, 5.74) is 2.67. The molecule has 0 spiro atoms. The maximum absolute atomic E-state index is 12.8. The molecule has 5 rings (SSSR count). The summed E-state index contributed by atoms with van der Waals surface area (Å²) >= 11 is 0. The summed E-state index contributed by atoms with van der Waals surface area (Å²) in [6, 6.07) is 6.55. The minimum atomic E-state index is -0.0216. The number of phenolic OH excluding ortho intramolecular Hbond substituents is 1. The summed E-state index contributed by atoms with van der Waals surface area (Å²) in [7, 11) is 0. The summed E-state index contributed by atoms with van der Waals surface area (Å²) in [6.07, 6.45) is 8.80. The number of aromatic hydroxyl groups is 1. The molecule has 140 valence electrons. The first-order valence-corrected chi connectivity index (χ1v) is 10.7. The van der Waals surface area contributed by atoms with Crippen LogP contribution >= 0.6 is 0 Å². The van der Waals surface area contributed by atoms with Gasteiger partial charge in [-0.05, 0) is 79.7 Å². The lowest BCUT2D eigenvalue weighted by Gasteiger charge is -2.61. The molecule has 0 radical (unpaired) electrons. The molecule has 26 heavy (non-hydrogen) atoms. The van der Waals surface area contributed by atoms with Gasteiger partial charge in [-0.3, -0.25) is 9.69 Å². The Morgan fingerprint density at radius 3 is 2.88 bits per heavy atom. The summed E-state index contributed by atoms with van der Waals surface area (Å²) < 4.78 is 0. The van der Waals surface area contributed by atoms with E-state index in [0.717, 1.165) is 38.1 Å². The van der Waals surface area contributed by atoms with Gasteiger partial charge < -0.3 is 5.11 Å². The molecule has 4 aliphatic rings. The molecule has 0 aromatic heterocycles. The number of rotatable bonds is 4. The van der Waals surface area contributed by atoms with Gasteiger partial charge in [0.15, 0.2) is 0 Å². The standard InChI is InChI=1S/C23H31NO2/c1-2-3-17-10-19(26)13-23-8-9-24(14-15-4-5-15)21(22(17)23)11-16-6-7-18(25)12-20(16)23/h6-7,12,15,17,21-22,25H,2-5,8-11,13-14H2,1H3/t17-,21?,22-,23?/m0/s1. The molecule has 2 bridgehead atoms. The smallest absolute Gasteiger partial charge is 0.134 e. The van der Waals surface area contributed by atoms with Crippen molar-refractivity contribution >= 4 is 5.78 Å². The summed E-state index contributed by atoms with van der Waals surface area (Å²) in [4.78, 5) is 15.6. The SMILES string of the molecule is CCC[C@H]1CC(=O)CC23CCN(CC4CC4)C(Cc4ccc(O)cc42)[C@H]13. The Kier molecular flexibility index (Phi) is 3.93. The zero-order valence-corrected chi connectivity index (χ0v) is 15.9. The Morgan fingerprint density at radius 2 is 2.12 bits per heavy atom. The number of Topliss-reactive ketones (excluding diaryl/α,β-unsaturated/α-hetero) is 1. The van der Waals surface area contributed by atoms with Crippen LogP contribution in [0.4, 0.5) is 0 Å². The highest BCUT2D eigenvalue weighted by atomic mass is 16.3. The number of hydrogen-bond donors (Lipinski definition) is 1. The van der Waals surface area contributed by atoms with Crippen LogP contribution in [0.2, 0.25) is 0 Å². The molecule has 3 aliphatic carbocycles. The number of hydrogen-bond acceptors (Lipinski definition) is 3. The number of ketones is 1. The van der Waals surface area contributed by atoms with Crippen LogP contribution in [0.5, 0.6) is 5.75 Å². The molecule has 3 fully saturated rings. The van der Waals surface area contributed by atoms with Crippen LogP contribution in [0.1, 0.15) is 63.0 Å². The van der Waals surface area contributed by atoms with Gasteiger partial charge in [0.2, 0.25) is 0 Å². The van der Waals surface area contributed by atoms with Crippen LogP contribution in [0.25, 0.3) is 0 Å². The molecule has 1 heterocycles. The highest BCUT2D eigenvalue weighted by Crippen LogP contribution is 2.58. The Balaban J connectivity index is 1.62. The van der Waals surface area contributed by atoms with Crippen molar-refractivity contribution in [3.05, 3.63) is 29.3 Å². The molecule has 1 aromatic carbocycles. The maximum atomic E-state index is 12.8. The van der Waals surface area contributed by atoms with Gasteiger partial charge in [-0.2, -0.15) is 0 Å². The number of phenols is 1. The number of carbonyl (C=O) groups is 1. The average Bonchev–Trinajstić information content (AvgIpc) is 3.42. The van der Waals surface area contributed by atoms with E-state index in [-0.39, 0.29) is 5.41 Å². The topological polar surface area (TPSA) is 40.5 Å². The zero-order valence-electron chi connectivity index (χ0n) is 15.9. The minimum Gasteiger partial charge on any atom is -0.508 e. The van der Waals surface area contributed by atoms with Gasteiger partial charge >= 0.3 is 0 Å². The second-order valence-electron chi connectivity index (χ2n) is 9.45. The zero-order chi connectivity index (χ0) is 17.9. The Hall–Kier alpha value is -1.35. The maximum Gasteiger partial charge on any atom is 0.134 e. The fourth-order valence-corrected chi connectivity index (χ4v) is 6.69. The van der Waals surface area contributed by atoms with E-state index in [9.17, 15) is 9.90 Å².